The molecule has 1 unspecified atom stereocenters. The topological polar surface area (TPSA) is 110 Å². The van der Waals surface area contributed by atoms with E-state index in [2.05, 4.69) is 28.3 Å². The molecule has 0 bridgehead atoms. The van der Waals surface area contributed by atoms with Crippen LogP contribution in [0.4, 0.5) is 16.4 Å². The van der Waals surface area contributed by atoms with Crippen LogP contribution in [0.2, 0.25) is 0 Å². The van der Waals surface area contributed by atoms with Crippen LogP contribution in [-0.4, -0.2) is 62.6 Å². The number of carbonyl (C=O) groups excluding carboxylic acids is 2. The molecule has 2 saturated heterocycles. The number of amides is 2. The first-order chi connectivity index (χ1) is 22.1. The monoisotopic (exact) mass is 622 g/mol. The summed E-state index contributed by atoms with van der Waals surface area (Å²) in [5, 5.41) is 5.31. The summed E-state index contributed by atoms with van der Waals surface area (Å²) in [6, 6.07) is 15.9. The first-order valence-electron chi connectivity index (χ1n) is 16.2. The average Bonchev–Trinajstić information content (AvgIpc) is 3.41. The third-order valence-electron chi connectivity index (χ3n) is 8.55. The van der Waals surface area contributed by atoms with Gasteiger partial charge in [0, 0.05) is 54.8 Å². The highest BCUT2D eigenvalue weighted by Gasteiger charge is 2.32. The number of rotatable bonds is 7. The molecule has 2 aromatic carbocycles. The molecule has 2 fully saturated rings. The largest absolute Gasteiger partial charge is 0.444 e. The second-order valence-electron chi connectivity index (χ2n) is 13.1. The Labute approximate surface area is 270 Å². The van der Waals surface area contributed by atoms with Gasteiger partial charge in [-0.1, -0.05) is 31.2 Å². The second-order valence-corrected chi connectivity index (χ2v) is 13.1. The highest BCUT2D eigenvalue weighted by Crippen LogP contribution is 2.41. The van der Waals surface area contributed by atoms with E-state index in [0.717, 1.165) is 53.3 Å². The van der Waals surface area contributed by atoms with Gasteiger partial charge in [0.15, 0.2) is 0 Å². The molecule has 0 spiro atoms. The SMILES string of the molecule is CCC1CCC(=O)N1c1cccc2c(Oc3ncccc3-c3ccnc(N[C@H]4CCCN(C(=O)OC(C)(C)C)C4)n3)c(C)ccc12. The summed E-state index contributed by atoms with van der Waals surface area (Å²) in [6.45, 7) is 10.9. The normalized spacial score (nSPS) is 18.6. The van der Waals surface area contributed by atoms with Crippen LogP contribution in [0.3, 0.4) is 0 Å². The molecular formula is C36H42N6O4. The number of hydrogen-bond acceptors (Lipinski definition) is 8. The minimum Gasteiger partial charge on any atom is -0.444 e. The second kappa shape index (κ2) is 12.9. The summed E-state index contributed by atoms with van der Waals surface area (Å²) in [4.78, 5) is 43.2. The van der Waals surface area contributed by atoms with Gasteiger partial charge in [0.05, 0.1) is 16.9 Å². The highest BCUT2D eigenvalue weighted by molar-refractivity contribution is 6.07. The number of anilines is 2. The Kier molecular flexibility index (Phi) is 8.80. The Morgan fingerprint density at radius 3 is 2.67 bits per heavy atom. The van der Waals surface area contributed by atoms with E-state index in [0.29, 0.717) is 42.8 Å². The number of nitrogens with one attached hydrogen (secondary N) is 1. The fourth-order valence-electron chi connectivity index (χ4n) is 6.34. The van der Waals surface area contributed by atoms with Crippen molar-refractivity contribution < 1.29 is 19.1 Å². The Morgan fingerprint density at radius 1 is 1.02 bits per heavy atom. The van der Waals surface area contributed by atoms with E-state index in [9.17, 15) is 9.59 Å². The summed E-state index contributed by atoms with van der Waals surface area (Å²) in [7, 11) is 0. The number of pyridine rings is 1. The molecule has 10 nitrogen and oxygen atoms in total. The van der Waals surface area contributed by atoms with E-state index in [4.69, 9.17) is 14.5 Å². The molecule has 6 rings (SSSR count). The van der Waals surface area contributed by atoms with Gasteiger partial charge in [0.1, 0.15) is 11.4 Å². The molecule has 2 atom stereocenters. The van der Waals surface area contributed by atoms with Gasteiger partial charge in [-0.3, -0.25) is 4.79 Å². The van der Waals surface area contributed by atoms with Crippen molar-refractivity contribution in [3.63, 3.8) is 0 Å². The molecule has 2 aromatic heterocycles. The zero-order chi connectivity index (χ0) is 32.4. The molecule has 0 saturated carbocycles. The lowest BCUT2D eigenvalue weighted by Crippen LogP contribution is -2.47. The van der Waals surface area contributed by atoms with Crippen LogP contribution in [0, 0.1) is 6.92 Å². The van der Waals surface area contributed by atoms with Gasteiger partial charge < -0.3 is 24.6 Å². The number of hydrogen-bond donors (Lipinski definition) is 1. The summed E-state index contributed by atoms with van der Waals surface area (Å²) >= 11 is 0. The van der Waals surface area contributed by atoms with Crippen LogP contribution in [0.15, 0.2) is 60.9 Å². The average molecular weight is 623 g/mol. The predicted octanol–water partition coefficient (Wildman–Crippen LogP) is 7.51. The van der Waals surface area contributed by atoms with Crippen molar-refractivity contribution in [1.29, 1.82) is 0 Å². The lowest BCUT2D eigenvalue weighted by Gasteiger charge is -2.34. The maximum absolute atomic E-state index is 12.9. The zero-order valence-electron chi connectivity index (χ0n) is 27.2. The fourth-order valence-corrected chi connectivity index (χ4v) is 6.34. The smallest absolute Gasteiger partial charge is 0.410 e. The van der Waals surface area contributed by atoms with Gasteiger partial charge in [-0.2, -0.15) is 0 Å². The Hall–Kier alpha value is -4.73. The van der Waals surface area contributed by atoms with Crippen LogP contribution < -0.4 is 15.0 Å². The molecule has 4 aromatic rings. The minimum atomic E-state index is -0.545. The molecule has 1 N–H and O–H groups in total. The summed E-state index contributed by atoms with van der Waals surface area (Å²) < 4.78 is 12.2. The van der Waals surface area contributed by atoms with Crippen LogP contribution in [0.1, 0.15) is 65.4 Å². The molecule has 2 aliphatic heterocycles. The molecule has 2 aliphatic rings. The Bertz CT molecular complexity index is 1750. The number of piperidine rings is 1. The van der Waals surface area contributed by atoms with Gasteiger partial charge in [-0.15, -0.1) is 0 Å². The molecular weight excluding hydrogens is 580 g/mol. The molecule has 4 heterocycles. The maximum Gasteiger partial charge on any atom is 0.410 e. The predicted molar refractivity (Wildman–Crippen MR) is 179 cm³/mol. The van der Waals surface area contributed by atoms with Gasteiger partial charge in [0.25, 0.3) is 0 Å². The van der Waals surface area contributed by atoms with Crippen LogP contribution in [0.25, 0.3) is 22.0 Å². The van der Waals surface area contributed by atoms with Crippen molar-refractivity contribution in [3.8, 4) is 22.9 Å². The molecule has 46 heavy (non-hydrogen) atoms. The van der Waals surface area contributed by atoms with Crippen LogP contribution in [-0.2, 0) is 9.53 Å². The van der Waals surface area contributed by atoms with E-state index in [1.54, 1.807) is 17.3 Å². The summed E-state index contributed by atoms with van der Waals surface area (Å²) in [5.74, 6) is 1.74. The fraction of sp³-hybridized carbons (Fsp3) is 0.417. The standard InChI is InChI=1S/C36H42N6O4/c1-6-25-15-17-31(43)42(25)30-13-7-11-27-26(30)16-14-23(2)32(27)45-33-28(12-8-19-37-33)29-18-20-38-34(40-29)39-24-10-9-21-41(22-24)35(44)46-36(3,4)5/h7-8,11-14,16,18-20,24-25H,6,9-10,15,17,21-22H2,1-5H3,(H,38,39,40)/t24-,25?/m0/s1. The number of carbonyl (C=O) groups is 2. The minimum absolute atomic E-state index is 0.0107. The molecule has 2 amide bonds. The first kappa shape index (κ1) is 31.3. The van der Waals surface area contributed by atoms with Crippen molar-refractivity contribution in [2.45, 2.75) is 84.4 Å². The van der Waals surface area contributed by atoms with E-state index in [1.807, 2.05) is 75.1 Å². The van der Waals surface area contributed by atoms with Crippen LogP contribution >= 0.6 is 0 Å². The lowest BCUT2D eigenvalue weighted by atomic mass is 10.0. The van der Waals surface area contributed by atoms with Crippen molar-refractivity contribution >= 4 is 34.4 Å². The summed E-state index contributed by atoms with van der Waals surface area (Å²) in [6.07, 6.45) is 7.20. The molecule has 240 valence electrons. The third kappa shape index (κ3) is 6.61. The van der Waals surface area contributed by atoms with Gasteiger partial charge in [-0.05, 0) is 83.2 Å². The van der Waals surface area contributed by atoms with E-state index in [-0.39, 0.29) is 24.1 Å². The van der Waals surface area contributed by atoms with E-state index < -0.39 is 5.60 Å². The quantitative estimate of drug-likeness (QED) is 0.226. The van der Waals surface area contributed by atoms with Crippen molar-refractivity contribution in [3.05, 3.63) is 66.5 Å². The summed E-state index contributed by atoms with van der Waals surface area (Å²) in [5.41, 5.74) is 2.71. The highest BCUT2D eigenvalue weighted by atomic mass is 16.6. The Morgan fingerprint density at radius 2 is 1.87 bits per heavy atom. The number of nitrogens with zero attached hydrogens (tertiary/aromatic N) is 5. The molecule has 0 radical (unpaired) electrons. The van der Waals surface area contributed by atoms with E-state index in [1.165, 1.54) is 0 Å². The van der Waals surface area contributed by atoms with Gasteiger partial charge in [-0.25, -0.2) is 19.7 Å². The van der Waals surface area contributed by atoms with E-state index >= 15 is 0 Å². The lowest BCUT2D eigenvalue weighted by molar-refractivity contribution is -0.117. The van der Waals surface area contributed by atoms with Crippen molar-refractivity contribution in [2.75, 3.05) is 23.3 Å². The number of fused-ring (bicyclic) bond motifs is 1. The Balaban J connectivity index is 1.26. The van der Waals surface area contributed by atoms with Gasteiger partial charge >= 0.3 is 6.09 Å². The number of benzene rings is 2. The third-order valence-corrected chi connectivity index (χ3v) is 8.55. The number of ether oxygens (including phenoxy) is 2. The number of aromatic nitrogens is 3. The molecule has 0 aliphatic carbocycles. The van der Waals surface area contributed by atoms with Gasteiger partial charge in [0.2, 0.25) is 17.7 Å². The molecule has 10 heteroatoms. The maximum atomic E-state index is 12.9. The first-order valence-corrected chi connectivity index (χ1v) is 16.2. The van der Waals surface area contributed by atoms with Crippen LogP contribution in [0.5, 0.6) is 11.6 Å². The van der Waals surface area contributed by atoms with Crippen molar-refractivity contribution in [1.82, 2.24) is 19.9 Å². The van der Waals surface area contributed by atoms with Crippen molar-refractivity contribution in [2.24, 2.45) is 0 Å². The zero-order valence-corrected chi connectivity index (χ0v) is 27.2. The number of aryl methyl sites for hydroxylation is 1. The number of likely N-dealkylation sites (tertiary alicyclic amines) is 1.